The van der Waals surface area contributed by atoms with Gasteiger partial charge in [0.25, 0.3) is 0 Å². The quantitative estimate of drug-likeness (QED) is 0.425. The summed E-state index contributed by atoms with van der Waals surface area (Å²) in [6.07, 6.45) is 8.04. The number of para-hydroxylation sites is 1. The number of benzene rings is 1. The molecule has 3 aliphatic heterocycles. The second-order valence-corrected chi connectivity index (χ2v) is 11.0. The number of carbonyl (C=O) groups excluding carboxylic acids is 1. The highest BCUT2D eigenvalue weighted by Gasteiger charge is 2.46. The van der Waals surface area contributed by atoms with E-state index in [0.717, 1.165) is 73.0 Å². The molecule has 0 saturated carbocycles. The van der Waals surface area contributed by atoms with Gasteiger partial charge in [0.2, 0.25) is 5.91 Å². The van der Waals surface area contributed by atoms with E-state index in [1.165, 1.54) is 11.1 Å². The zero-order valence-corrected chi connectivity index (χ0v) is 21.1. The monoisotopic (exact) mass is 507 g/mol. The molecule has 192 valence electrons. The van der Waals surface area contributed by atoms with Crippen molar-refractivity contribution in [1.82, 2.24) is 25.1 Å². The minimum atomic E-state index is 0.0385. The first-order valence-electron chi connectivity index (χ1n) is 13.5. The van der Waals surface area contributed by atoms with Crippen LogP contribution in [0.25, 0.3) is 11.2 Å². The van der Waals surface area contributed by atoms with Crippen molar-refractivity contribution in [3.05, 3.63) is 59.5 Å². The first-order chi connectivity index (χ1) is 18.6. The van der Waals surface area contributed by atoms with Crippen molar-refractivity contribution in [2.24, 2.45) is 11.1 Å². The number of aromatic amines is 1. The molecule has 1 saturated heterocycles. The van der Waals surface area contributed by atoms with Crippen LogP contribution >= 0.6 is 0 Å². The number of fused-ring (bicyclic) bond motifs is 2. The van der Waals surface area contributed by atoms with E-state index >= 15 is 0 Å². The van der Waals surface area contributed by atoms with E-state index in [4.69, 9.17) is 15.7 Å². The minimum Gasteiger partial charge on any atom is -0.355 e. The highest BCUT2D eigenvalue weighted by atomic mass is 16.2. The summed E-state index contributed by atoms with van der Waals surface area (Å²) in [4.78, 5) is 33.3. The van der Waals surface area contributed by atoms with Crippen LogP contribution in [0.5, 0.6) is 0 Å². The molecule has 8 rings (SSSR count). The average molecular weight is 508 g/mol. The normalized spacial score (nSPS) is 21.8. The lowest BCUT2D eigenvalue weighted by molar-refractivity contribution is -0.118. The van der Waals surface area contributed by atoms with Crippen molar-refractivity contribution in [3.8, 4) is 0 Å². The number of hydrogen-bond acceptors (Lipinski definition) is 8. The highest BCUT2D eigenvalue weighted by Crippen LogP contribution is 2.50. The summed E-state index contributed by atoms with van der Waals surface area (Å²) in [6, 6.07) is 10.4. The molecule has 10 nitrogen and oxygen atoms in total. The molecule has 6 heterocycles. The van der Waals surface area contributed by atoms with Crippen molar-refractivity contribution in [2.45, 2.75) is 38.1 Å². The number of pyridine rings is 1. The molecule has 1 aromatic carbocycles. The molecule has 1 amide bonds. The molecule has 10 heteroatoms. The van der Waals surface area contributed by atoms with Gasteiger partial charge < -0.3 is 20.4 Å². The predicted octanol–water partition coefficient (Wildman–Crippen LogP) is 3.02. The SMILES string of the molecule is N[C@@H]1c2cccnc2CC12CCN(c1cnc3c(N4CCN5C(=O)CCc6cccc4c65)n[nH]c3n1)CC2. The van der Waals surface area contributed by atoms with Gasteiger partial charge >= 0.3 is 0 Å². The van der Waals surface area contributed by atoms with Crippen LogP contribution in [-0.4, -0.2) is 57.2 Å². The first kappa shape index (κ1) is 22.0. The predicted molar refractivity (Wildman–Crippen MR) is 145 cm³/mol. The second kappa shape index (κ2) is 7.97. The van der Waals surface area contributed by atoms with E-state index in [2.05, 4.69) is 49.2 Å². The lowest BCUT2D eigenvalue weighted by Gasteiger charge is -2.42. The Hall–Kier alpha value is -4.05. The molecule has 0 bridgehead atoms. The lowest BCUT2D eigenvalue weighted by Crippen LogP contribution is -2.45. The topological polar surface area (TPSA) is 120 Å². The number of hydrogen-bond donors (Lipinski definition) is 2. The Labute approximate surface area is 219 Å². The molecular formula is C28H29N9O. The average Bonchev–Trinajstić information content (AvgIpc) is 3.49. The Morgan fingerprint density at radius 2 is 1.87 bits per heavy atom. The van der Waals surface area contributed by atoms with Gasteiger partial charge in [-0.25, -0.2) is 9.97 Å². The molecule has 3 N–H and O–H groups in total. The Balaban J connectivity index is 1.06. The minimum absolute atomic E-state index is 0.0385. The van der Waals surface area contributed by atoms with Crippen molar-refractivity contribution < 1.29 is 4.79 Å². The zero-order chi connectivity index (χ0) is 25.4. The number of amides is 1. The first-order valence-corrected chi connectivity index (χ1v) is 13.5. The second-order valence-electron chi connectivity index (χ2n) is 11.0. The summed E-state index contributed by atoms with van der Waals surface area (Å²) in [5.41, 5.74) is 13.8. The number of nitrogens with zero attached hydrogens (tertiary/aromatic N) is 7. The number of piperidine rings is 1. The maximum Gasteiger partial charge on any atom is 0.227 e. The van der Waals surface area contributed by atoms with Gasteiger partial charge in [0.15, 0.2) is 17.0 Å². The molecule has 4 aromatic rings. The van der Waals surface area contributed by atoms with Crippen LogP contribution in [0.2, 0.25) is 0 Å². The van der Waals surface area contributed by atoms with Crippen molar-refractivity contribution in [2.75, 3.05) is 40.9 Å². The van der Waals surface area contributed by atoms with E-state index < -0.39 is 0 Å². The van der Waals surface area contributed by atoms with Crippen molar-refractivity contribution in [3.63, 3.8) is 0 Å². The number of aryl methyl sites for hydroxylation is 1. The molecule has 1 atom stereocenters. The Morgan fingerprint density at radius 3 is 2.74 bits per heavy atom. The molecule has 1 spiro atoms. The molecule has 0 radical (unpaired) electrons. The van der Waals surface area contributed by atoms with Crippen LogP contribution < -0.4 is 20.4 Å². The largest absolute Gasteiger partial charge is 0.355 e. The van der Waals surface area contributed by atoms with E-state index in [0.29, 0.717) is 25.2 Å². The Morgan fingerprint density at radius 1 is 1.00 bits per heavy atom. The number of carbonyl (C=O) groups is 1. The standard InChI is InChI=1S/C28H29N9O/c29-25-18-4-2-10-30-19(18)15-28(25)8-11-35(12-9-28)21-16-31-23-26(32-21)33-34-27(23)36-13-14-37-22(38)7-6-17-3-1-5-20(36)24(17)37/h1-5,10,16,25H,6-9,11-15,29H2,(H,32,33,34)/t25-/m1/s1. The van der Waals surface area contributed by atoms with E-state index in [-0.39, 0.29) is 17.4 Å². The van der Waals surface area contributed by atoms with Gasteiger partial charge in [0.05, 0.1) is 17.6 Å². The van der Waals surface area contributed by atoms with Crippen LogP contribution in [0.3, 0.4) is 0 Å². The van der Waals surface area contributed by atoms with E-state index in [1.807, 2.05) is 23.4 Å². The maximum atomic E-state index is 12.6. The molecule has 38 heavy (non-hydrogen) atoms. The maximum absolute atomic E-state index is 12.6. The van der Waals surface area contributed by atoms with Gasteiger partial charge in [-0.3, -0.25) is 14.9 Å². The number of anilines is 4. The Bertz CT molecular complexity index is 1590. The molecule has 3 aromatic heterocycles. The summed E-state index contributed by atoms with van der Waals surface area (Å²) < 4.78 is 0. The van der Waals surface area contributed by atoms with Gasteiger partial charge in [-0.2, -0.15) is 5.10 Å². The number of nitrogens with one attached hydrogen (secondary N) is 1. The lowest BCUT2D eigenvalue weighted by atomic mass is 9.73. The van der Waals surface area contributed by atoms with E-state index in [9.17, 15) is 4.79 Å². The Kier molecular flexibility index (Phi) is 4.61. The smallest absolute Gasteiger partial charge is 0.227 e. The van der Waals surface area contributed by atoms with Gasteiger partial charge in [-0.1, -0.05) is 18.2 Å². The van der Waals surface area contributed by atoms with Gasteiger partial charge in [0, 0.05) is 50.5 Å². The fourth-order valence-corrected chi connectivity index (χ4v) is 7.03. The summed E-state index contributed by atoms with van der Waals surface area (Å²) in [5.74, 6) is 1.81. The third-order valence-corrected chi connectivity index (χ3v) is 9.13. The van der Waals surface area contributed by atoms with Crippen LogP contribution in [0.1, 0.15) is 42.1 Å². The van der Waals surface area contributed by atoms with Crippen LogP contribution in [0.4, 0.5) is 23.0 Å². The molecule has 1 fully saturated rings. The fraction of sp³-hybridized carbons (Fsp3) is 0.393. The van der Waals surface area contributed by atoms with E-state index in [1.54, 1.807) is 0 Å². The van der Waals surface area contributed by atoms with Gasteiger partial charge in [0.1, 0.15) is 5.82 Å². The summed E-state index contributed by atoms with van der Waals surface area (Å²) >= 11 is 0. The third-order valence-electron chi connectivity index (χ3n) is 9.13. The molecular weight excluding hydrogens is 478 g/mol. The summed E-state index contributed by atoms with van der Waals surface area (Å²) in [6.45, 7) is 3.07. The number of aromatic nitrogens is 5. The summed E-state index contributed by atoms with van der Waals surface area (Å²) in [7, 11) is 0. The van der Waals surface area contributed by atoms with Crippen LogP contribution in [0, 0.1) is 5.41 Å². The molecule has 1 aliphatic carbocycles. The number of H-pyrrole nitrogens is 1. The van der Waals surface area contributed by atoms with Crippen molar-refractivity contribution in [1.29, 1.82) is 0 Å². The number of rotatable bonds is 2. The van der Waals surface area contributed by atoms with Gasteiger partial charge in [-0.15, -0.1) is 0 Å². The number of nitrogens with two attached hydrogens (primary N) is 1. The zero-order valence-electron chi connectivity index (χ0n) is 21.1. The highest BCUT2D eigenvalue weighted by molar-refractivity contribution is 6.03. The fourth-order valence-electron chi connectivity index (χ4n) is 7.03. The third kappa shape index (κ3) is 3.06. The van der Waals surface area contributed by atoms with Crippen molar-refractivity contribution >= 4 is 40.1 Å². The summed E-state index contributed by atoms with van der Waals surface area (Å²) in [5, 5.41) is 7.77. The van der Waals surface area contributed by atoms with Gasteiger partial charge in [-0.05, 0) is 54.4 Å². The molecule has 4 aliphatic rings. The van der Waals surface area contributed by atoms with Crippen LogP contribution in [-0.2, 0) is 17.6 Å². The molecule has 0 unspecified atom stereocenters. The van der Waals surface area contributed by atoms with Crippen LogP contribution in [0.15, 0.2) is 42.7 Å².